The zero-order valence-electron chi connectivity index (χ0n) is 18.7. The predicted molar refractivity (Wildman–Crippen MR) is 126 cm³/mol. The highest BCUT2D eigenvalue weighted by atomic mass is 35.5. The molecule has 180 valence electrons. The Bertz CT molecular complexity index is 1070. The highest BCUT2D eigenvalue weighted by molar-refractivity contribution is 7.89. The van der Waals surface area contributed by atoms with E-state index in [9.17, 15) is 23.3 Å². The van der Waals surface area contributed by atoms with E-state index in [4.69, 9.17) is 16.3 Å². The van der Waals surface area contributed by atoms with E-state index in [-0.39, 0.29) is 31.0 Å². The molecule has 33 heavy (non-hydrogen) atoms. The maximum atomic E-state index is 13.2. The van der Waals surface area contributed by atoms with Crippen LogP contribution < -0.4 is 0 Å². The van der Waals surface area contributed by atoms with Gasteiger partial charge in [0, 0.05) is 48.9 Å². The fraction of sp³-hybridized carbons (Fsp3) is 0.429. The second kappa shape index (κ2) is 11.5. The highest BCUT2D eigenvalue weighted by Gasteiger charge is 2.40. The standard InChI is InChI=1S/C21H27ClN4O6S/c1-15(22)9-10-17(23-3)13-19(21(27)32-4)24-11-12-25(16(2)14-24)33(30,31)20-8-6-5-7-18(20)26(28)29/h5-10,16,19H,3,11-14H2,1-2,4H3/b15-9+,17-10-/t16-,19-/m0/s1. The van der Waals surface area contributed by atoms with Crippen LogP contribution in [0, 0.1) is 10.1 Å². The van der Waals surface area contributed by atoms with Gasteiger partial charge in [-0.25, -0.2) is 8.42 Å². The molecule has 0 aliphatic carbocycles. The number of ether oxygens (including phenoxy) is 1. The number of methoxy groups -OCH3 is 1. The molecule has 0 bridgehead atoms. The first-order valence-corrected chi connectivity index (χ1v) is 11.9. The summed E-state index contributed by atoms with van der Waals surface area (Å²) in [6.45, 7) is 7.41. The molecule has 1 heterocycles. The van der Waals surface area contributed by atoms with Crippen LogP contribution in [0.1, 0.15) is 20.3 Å². The van der Waals surface area contributed by atoms with E-state index < -0.39 is 38.7 Å². The van der Waals surface area contributed by atoms with E-state index in [1.807, 2.05) is 4.90 Å². The van der Waals surface area contributed by atoms with Crippen LogP contribution in [0.4, 0.5) is 5.69 Å². The Balaban J connectivity index is 2.28. The van der Waals surface area contributed by atoms with Gasteiger partial charge < -0.3 is 4.74 Å². The van der Waals surface area contributed by atoms with Gasteiger partial charge in [0.05, 0.1) is 12.0 Å². The van der Waals surface area contributed by atoms with Gasteiger partial charge in [-0.15, -0.1) is 0 Å². The molecule has 1 aromatic rings. The summed E-state index contributed by atoms with van der Waals surface area (Å²) in [6.07, 6.45) is 3.49. The SMILES string of the molecule is C=N/C(=C\C=C(/C)Cl)C[C@@H](C(=O)OC)N1CCN(S(=O)(=O)c2ccccc2[N+](=O)[O-])[C@@H](C)C1. The molecule has 1 fully saturated rings. The van der Waals surface area contributed by atoms with Crippen LogP contribution in [0.5, 0.6) is 0 Å². The lowest BCUT2D eigenvalue weighted by Gasteiger charge is -2.41. The van der Waals surface area contributed by atoms with Gasteiger partial charge in [0.2, 0.25) is 10.0 Å². The molecule has 12 heteroatoms. The molecule has 1 aliphatic rings. The van der Waals surface area contributed by atoms with Crippen LogP contribution in [0.3, 0.4) is 0 Å². The molecule has 0 aromatic heterocycles. The number of nitro benzene ring substituents is 1. The number of rotatable bonds is 9. The first-order chi connectivity index (χ1) is 15.5. The van der Waals surface area contributed by atoms with E-state index in [2.05, 4.69) is 11.7 Å². The van der Waals surface area contributed by atoms with Gasteiger partial charge in [0.15, 0.2) is 4.90 Å². The summed E-state index contributed by atoms with van der Waals surface area (Å²) in [5.41, 5.74) is 0.0436. The van der Waals surface area contributed by atoms with Gasteiger partial charge in [-0.1, -0.05) is 23.7 Å². The zero-order valence-corrected chi connectivity index (χ0v) is 20.3. The molecule has 2 rings (SSSR count). The molecule has 1 aliphatic heterocycles. The van der Waals surface area contributed by atoms with Crippen LogP contribution >= 0.6 is 11.6 Å². The molecule has 0 N–H and O–H groups in total. The molecule has 0 saturated carbocycles. The Morgan fingerprint density at radius 2 is 2.06 bits per heavy atom. The molecule has 1 aromatic carbocycles. The van der Waals surface area contributed by atoms with Crippen LogP contribution in [-0.4, -0.2) is 74.1 Å². The number of carbonyl (C=O) groups is 1. The van der Waals surface area contributed by atoms with E-state index in [0.29, 0.717) is 10.7 Å². The minimum Gasteiger partial charge on any atom is -0.468 e. The Hall–Kier alpha value is -2.60. The zero-order chi connectivity index (χ0) is 24.8. The number of carbonyl (C=O) groups excluding carboxylic acids is 1. The molecule has 0 radical (unpaired) electrons. The number of sulfonamides is 1. The number of halogens is 1. The van der Waals surface area contributed by atoms with Crippen LogP contribution in [0.2, 0.25) is 0 Å². The van der Waals surface area contributed by atoms with E-state index in [1.54, 1.807) is 26.0 Å². The molecular formula is C21H27ClN4O6S. The third-order valence-corrected chi connectivity index (χ3v) is 7.46. The minimum absolute atomic E-state index is 0.0459. The number of hydrogen-bond acceptors (Lipinski definition) is 8. The van der Waals surface area contributed by atoms with E-state index in [1.165, 1.54) is 29.6 Å². The van der Waals surface area contributed by atoms with Crippen molar-refractivity contribution in [2.45, 2.75) is 37.2 Å². The molecule has 1 saturated heterocycles. The number of aliphatic imine (C=N–C) groups is 1. The normalized spacial score (nSPS) is 19.7. The van der Waals surface area contributed by atoms with Crippen molar-refractivity contribution in [1.82, 2.24) is 9.21 Å². The van der Waals surface area contributed by atoms with Gasteiger partial charge in [0.1, 0.15) is 6.04 Å². The van der Waals surface area contributed by atoms with Crippen molar-refractivity contribution >= 4 is 40.0 Å². The van der Waals surface area contributed by atoms with E-state index in [0.717, 1.165) is 6.07 Å². The number of hydrogen-bond donors (Lipinski definition) is 0. The lowest BCUT2D eigenvalue weighted by atomic mass is 10.1. The number of para-hydroxylation sites is 1. The summed E-state index contributed by atoms with van der Waals surface area (Å²) in [5, 5.41) is 11.9. The third-order valence-electron chi connectivity index (χ3n) is 5.27. The third kappa shape index (κ3) is 6.47. The van der Waals surface area contributed by atoms with Gasteiger partial charge in [-0.05, 0) is 38.8 Å². The Morgan fingerprint density at radius 1 is 1.39 bits per heavy atom. The number of piperazine rings is 1. The van der Waals surface area contributed by atoms with Gasteiger partial charge >= 0.3 is 5.97 Å². The van der Waals surface area contributed by atoms with Crippen molar-refractivity contribution in [3.63, 3.8) is 0 Å². The second-order valence-corrected chi connectivity index (χ2v) is 9.95. The molecule has 0 unspecified atom stereocenters. The summed E-state index contributed by atoms with van der Waals surface area (Å²) in [6, 6.07) is 3.98. The largest absolute Gasteiger partial charge is 0.468 e. The number of nitrogens with zero attached hydrogens (tertiary/aromatic N) is 4. The molecule has 10 nitrogen and oxygen atoms in total. The van der Waals surface area contributed by atoms with Crippen molar-refractivity contribution in [3.05, 3.63) is 57.3 Å². The maximum absolute atomic E-state index is 13.2. The number of benzene rings is 1. The van der Waals surface area contributed by atoms with Crippen molar-refractivity contribution in [2.24, 2.45) is 4.99 Å². The van der Waals surface area contributed by atoms with Crippen molar-refractivity contribution < 1.29 is 22.9 Å². The summed E-state index contributed by atoms with van der Waals surface area (Å²) in [4.78, 5) is 28.6. The van der Waals surface area contributed by atoms with Crippen LogP contribution in [0.15, 0.2) is 57.0 Å². The fourth-order valence-electron chi connectivity index (χ4n) is 3.65. The molecule has 2 atom stereocenters. The average Bonchev–Trinajstić information content (AvgIpc) is 2.78. The number of esters is 1. The summed E-state index contributed by atoms with van der Waals surface area (Å²) in [7, 11) is -2.84. The Labute approximate surface area is 198 Å². The van der Waals surface area contributed by atoms with Crippen LogP contribution in [0.25, 0.3) is 0 Å². The molecular weight excluding hydrogens is 472 g/mol. The van der Waals surface area contributed by atoms with Crippen molar-refractivity contribution in [1.29, 1.82) is 0 Å². The first kappa shape index (κ1) is 26.7. The topological polar surface area (TPSA) is 122 Å². The fourth-order valence-corrected chi connectivity index (χ4v) is 5.49. The minimum atomic E-state index is -4.12. The highest BCUT2D eigenvalue weighted by Crippen LogP contribution is 2.29. The number of allylic oxidation sites excluding steroid dienone is 3. The lowest BCUT2D eigenvalue weighted by Crippen LogP contribution is -2.58. The first-order valence-electron chi connectivity index (χ1n) is 10.1. The summed E-state index contributed by atoms with van der Waals surface area (Å²) < 4.78 is 32.6. The molecule has 0 amide bonds. The Kier molecular flexibility index (Phi) is 9.29. The predicted octanol–water partition coefficient (Wildman–Crippen LogP) is 2.95. The smallest absolute Gasteiger partial charge is 0.323 e. The molecule has 0 spiro atoms. The lowest BCUT2D eigenvalue weighted by molar-refractivity contribution is -0.387. The van der Waals surface area contributed by atoms with Gasteiger partial charge in [0.25, 0.3) is 5.69 Å². The van der Waals surface area contributed by atoms with Crippen molar-refractivity contribution in [2.75, 3.05) is 26.7 Å². The maximum Gasteiger partial charge on any atom is 0.323 e. The summed E-state index contributed by atoms with van der Waals surface area (Å²) >= 11 is 5.86. The number of nitro groups is 1. The van der Waals surface area contributed by atoms with E-state index >= 15 is 0 Å². The Morgan fingerprint density at radius 3 is 2.61 bits per heavy atom. The van der Waals surface area contributed by atoms with Crippen LogP contribution in [-0.2, 0) is 19.6 Å². The second-order valence-electron chi connectivity index (χ2n) is 7.50. The van der Waals surface area contributed by atoms with Crippen molar-refractivity contribution in [3.8, 4) is 0 Å². The monoisotopic (exact) mass is 498 g/mol. The van der Waals surface area contributed by atoms with Gasteiger partial charge in [-0.3, -0.25) is 24.8 Å². The van der Waals surface area contributed by atoms with Gasteiger partial charge in [-0.2, -0.15) is 4.31 Å². The summed E-state index contributed by atoms with van der Waals surface area (Å²) in [5.74, 6) is -0.488. The quantitative estimate of drug-likeness (QED) is 0.168. The average molecular weight is 499 g/mol.